The molecule has 1 N–H and O–H groups in total. The van der Waals surface area contributed by atoms with Gasteiger partial charge in [-0.1, -0.05) is 6.07 Å². The third-order valence-corrected chi connectivity index (χ3v) is 5.55. The van der Waals surface area contributed by atoms with Gasteiger partial charge in [-0.3, -0.25) is 4.68 Å². The highest BCUT2D eigenvalue weighted by Crippen LogP contribution is 2.31. The zero-order chi connectivity index (χ0) is 19.3. The van der Waals surface area contributed by atoms with E-state index in [4.69, 9.17) is 0 Å². The first kappa shape index (κ1) is 19.7. The average Bonchev–Trinajstić information content (AvgIpc) is 3.09. The summed E-state index contributed by atoms with van der Waals surface area (Å²) >= 11 is 0. The van der Waals surface area contributed by atoms with Gasteiger partial charge in [0.15, 0.2) is 5.82 Å². The molecule has 7 heteroatoms. The van der Waals surface area contributed by atoms with Crippen LogP contribution >= 0.6 is 12.4 Å². The van der Waals surface area contributed by atoms with Crippen LogP contribution in [-0.2, 0) is 7.05 Å². The van der Waals surface area contributed by atoms with Crippen LogP contribution in [0, 0.1) is 11.6 Å². The molecule has 1 saturated heterocycles. The Labute approximate surface area is 173 Å². The monoisotopic (exact) mass is 414 g/mol. The molecule has 2 aromatic carbocycles. The molecule has 0 spiro atoms. The fraction of sp³-hybridized carbons (Fsp3) is 0.273. The van der Waals surface area contributed by atoms with Crippen molar-refractivity contribution in [1.29, 1.82) is 0 Å². The molecule has 0 saturated carbocycles. The van der Waals surface area contributed by atoms with Crippen LogP contribution in [0.5, 0.6) is 0 Å². The number of hydrogen-bond donors (Lipinski definition) is 1. The molecule has 0 atom stereocenters. The summed E-state index contributed by atoms with van der Waals surface area (Å²) in [5.74, 6) is -0.352. The molecule has 2 aromatic heterocycles. The van der Waals surface area contributed by atoms with Crippen molar-refractivity contribution in [1.82, 2.24) is 20.1 Å². The summed E-state index contributed by atoms with van der Waals surface area (Å²) < 4.78 is 30.9. The van der Waals surface area contributed by atoms with Gasteiger partial charge < -0.3 is 5.32 Å². The van der Waals surface area contributed by atoms with Crippen molar-refractivity contribution in [3.63, 3.8) is 0 Å². The van der Waals surface area contributed by atoms with Gasteiger partial charge in [0.25, 0.3) is 0 Å². The Bertz CT molecular complexity index is 1200. The number of benzene rings is 2. The Morgan fingerprint density at radius 2 is 1.72 bits per heavy atom. The van der Waals surface area contributed by atoms with Gasteiger partial charge in [-0.15, -0.1) is 12.4 Å². The number of rotatable bonds is 2. The van der Waals surface area contributed by atoms with Crippen molar-refractivity contribution in [2.75, 3.05) is 13.1 Å². The van der Waals surface area contributed by atoms with Crippen LogP contribution in [0.1, 0.15) is 24.3 Å². The molecule has 5 rings (SSSR count). The summed E-state index contributed by atoms with van der Waals surface area (Å²) in [6.07, 6.45) is 3.79. The first-order valence-electron chi connectivity index (χ1n) is 9.53. The highest BCUT2D eigenvalue weighted by molar-refractivity contribution is 5.87. The molecule has 29 heavy (non-hydrogen) atoms. The Balaban J connectivity index is 0.00000205. The molecule has 3 heterocycles. The number of nitrogens with zero attached hydrogens (tertiary/aromatic N) is 3. The van der Waals surface area contributed by atoms with E-state index >= 15 is 0 Å². The third-order valence-electron chi connectivity index (χ3n) is 5.55. The van der Waals surface area contributed by atoms with Crippen molar-refractivity contribution < 1.29 is 8.78 Å². The molecule has 1 aliphatic heterocycles. The van der Waals surface area contributed by atoms with Crippen LogP contribution in [0.3, 0.4) is 0 Å². The molecular formula is C22H21ClF2N4. The van der Waals surface area contributed by atoms with Gasteiger partial charge in [-0.05, 0) is 67.7 Å². The van der Waals surface area contributed by atoms with Gasteiger partial charge in [-0.25, -0.2) is 13.8 Å². The van der Waals surface area contributed by atoms with Crippen LogP contribution in [0.15, 0.2) is 42.6 Å². The van der Waals surface area contributed by atoms with E-state index in [-0.39, 0.29) is 18.2 Å². The molecule has 1 aliphatic rings. The maximum Gasteiger partial charge on any atom is 0.151 e. The zero-order valence-corrected chi connectivity index (χ0v) is 16.8. The lowest BCUT2D eigenvalue weighted by Crippen LogP contribution is -2.26. The maximum absolute atomic E-state index is 14.9. The second kappa shape index (κ2) is 7.69. The smallest absolute Gasteiger partial charge is 0.151 e. The van der Waals surface area contributed by atoms with Crippen LogP contribution < -0.4 is 5.32 Å². The summed E-state index contributed by atoms with van der Waals surface area (Å²) in [4.78, 5) is 4.50. The van der Waals surface area contributed by atoms with E-state index in [2.05, 4.69) is 15.4 Å². The molecule has 0 unspecified atom stereocenters. The van der Waals surface area contributed by atoms with Crippen molar-refractivity contribution >= 4 is 34.2 Å². The van der Waals surface area contributed by atoms with Crippen LogP contribution in [0.25, 0.3) is 33.1 Å². The zero-order valence-electron chi connectivity index (χ0n) is 16.0. The van der Waals surface area contributed by atoms with E-state index in [0.717, 1.165) is 36.9 Å². The van der Waals surface area contributed by atoms with E-state index in [1.807, 2.05) is 24.3 Å². The molecule has 1 fully saturated rings. The number of fused-ring (bicyclic) bond motifs is 2. The highest BCUT2D eigenvalue weighted by Gasteiger charge is 2.18. The highest BCUT2D eigenvalue weighted by atomic mass is 35.5. The summed E-state index contributed by atoms with van der Waals surface area (Å²) in [6, 6.07) is 10.6. The third kappa shape index (κ3) is 3.58. The lowest BCUT2D eigenvalue weighted by Gasteiger charge is -2.23. The predicted octanol–water partition coefficient (Wildman–Crippen LogP) is 4.96. The average molecular weight is 415 g/mol. The minimum absolute atomic E-state index is 0. The summed E-state index contributed by atoms with van der Waals surface area (Å²) in [7, 11) is 1.75. The van der Waals surface area contributed by atoms with E-state index in [0.29, 0.717) is 33.6 Å². The SMILES string of the molecule is Cl.Cn1cc2cc(-c3ccc4cc(C5CCNCC5)cc(F)c4n3)cc(F)c2n1. The number of aromatic nitrogens is 3. The number of piperidine rings is 1. The number of pyridine rings is 1. The minimum Gasteiger partial charge on any atom is -0.317 e. The predicted molar refractivity (Wildman–Crippen MR) is 113 cm³/mol. The number of hydrogen-bond acceptors (Lipinski definition) is 3. The lowest BCUT2D eigenvalue weighted by molar-refractivity contribution is 0.459. The van der Waals surface area contributed by atoms with Gasteiger partial charge in [0.2, 0.25) is 0 Å². The minimum atomic E-state index is -0.406. The summed E-state index contributed by atoms with van der Waals surface area (Å²) in [5, 5.41) is 8.93. The number of halogens is 3. The van der Waals surface area contributed by atoms with E-state index in [1.54, 1.807) is 24.0 Å². The Hall–Kier alpha value is -2.57. The standard InChI is InChI=1S/C22H20F2N4.ClH/c1-28-12-17-9-16(11-19(24)22(17)27-28)20-3-2-14-8-15(10-18(23)21(14)26-20)13-4-6-25-7-5-13;/h2-3,8-13,25H,4-7H2,1H3;1H. The van der Waals surface area contributed by atoms with E-state index in [1.165, 1.54) is 6.07 Å². The molecule has 4 aromatic rings. The second-order valence-electron chi connectivity index (χ2n) is 7.49. The molecule has 4 nitrogen and oxygen atoms in total. The molecule has 0 amide bonds. The van der Waals surface area contributed by atoms with Crippen molar-refractivity contribution in [3.8, 4) is 11.3 Å². The normalized spacial score (nSPS) is 15.0. The molecule has 0 bridgehead atoms. The largest absolute Gasteiger partial charge is 0.317 e. The van der Waals surface area contributed by atoms with Crippen molar-refractivity contribution in [3.05, 3.63) is 59.8 Å². The Morgan fingerprint density at radius 1 is 0.966 bits per heavy atom. The van der Waals surface area contributed by atoms with Crippen molar-refractivity contribution in [2.45, 2.75) is 18.8 Å². The van der Waals surface area contributed by atoms with E-state index < -0.39 is 5.82 Å². The maximum atomic E-state index is 14.9. The van der Waals surface area contributed by atoms with Crippen molar-refractivity contribution in [2.24, 2.45) is 7.05 Å². The number of aryl methyl sites for hydroxylation is 1. The fourth-order valence-electron chi connectivity index (χ4n) is 4.13. The second-order valence-corrected chi connectivity index (χ2v) is 7.49. The summed E-state index contributed by atoms with van der Waals surface area (Å²) in [5.41, 5.74) is 2.84. The molecule has 0 radical (unpaired) electrons. The Kier molecular flexibility index (Phi) is 5.23. The molecular weight excluding hydrogens is 394 g/mol. The van der Waals surface area contributed by atoms with Gasteiger partial charge in [0.1, 0.15) is 16.9 Å². The topological polar surface area (TPSA) is 42.7 Å². The Morgan fingerprint density at radius 3 is 2.52 bits per heavy atom. The molecule has 0 aliphatic carbocycles. The van der Waals surface area contributed by atoms with Gasteiger partial charge in [-0.2, -0.15) is 5.10 Å². The first-order valence-corrected chi connectivity index (χ1v) is 9.53. The van der Waals surface area contributed by atoms with Gasteiger partial charge in [0.05, 0.1) is 5.69 Å². The van der Waals surface area contributed by atoms with E-state index in [9.17, 15) is 8.78 Å². The van der Waals surface area contributed by atoms with Crippen LogP contribution in [0.2, 0.25) is 0 Å². The van der Waals surface area contributed by atoms with Gasteiger partial charge in [0, 0.05) is 29.6 Å². The fourth-order valence-corrected chi connectivity index (χ4v) is 4.13. The molecule has 150 valence electrons. The first-order chi connectivity index (χ1) is 13.6. The summed E-state index contributed by atoms with van der Waals surface area (Å²) in [6.45, 7) is 1.92. The quantitative estimate of drug-likeness (QED) is 0.504. The lowest BCUT2D eigenvalue weighted by atomic mass is 9.89. The number of nitrogens with one attached hydrogen (secondary N) is 1. The van der Waals surface area contributed by atoms with Gasteiger partial charge >= 0.3 is 0 Å². The van der Waals surface area contributed by atoms with Crippen LogP contribution in [0.4, 0.5) is 8.78 Å². The van der Waals surface area contributed by atoms with Crippen LogP contribution in [-0.4, -0.2) is 27.9 Å².